The van der Waals surface area contributed by atoms with Crippen molar-refractivity contribution in [2.24, 2.45) is 0 Å². The molecule has 0 aliphatic rings. The van der Waals surface area contributed by atoms with Crippen molar-refractivity contribution < 1.29 is 27.5 Å². The van der Waals surface area contributed by atoms with Crippen molar-refractivity contribution in [3.05, 3.63) is 65.2 Å². The van der Waals surface area contributed by atoms with Gasteiger partial charge in [0.2, 0.25) is 11.8 Å². The topological polar surface area (TPSA) is 61.9 Å². The van der Waals surface area contributed by atoms with Crippen LogP contribution in [0.2, 0.25) is 0 Å². The maximum Gasteiger partial charge on any atom is 0.416 e. The number of alkyl halides is 3. The number of ether oxygens (including phenoxy) is 1. The van der Waals surface area contributed by atoms with Crippen LogP contribution in [0.5, 0.6) is 5.75 Å². The number of carbonyl (C=O) groups is 2. The number of hydrogen-bond acceptors (Lipinski definition) is 4. The molecule has 0 spiro atoms. The third-order valence-electron chi connectivity index (χ3n) is 5.07. The van der Waals surface area contributed by atoms with E-state index in [1.165, 1.54) is 17.9 Å². The van der Waals surface area contributed by atoms with Gasteiger partial charge >= 0.3 is 6.18 Å². The molecule has 0 saturated carbocycles. The van der Waals surface area contributed by atoms with E-state index in [2.05, 4.69) is 5.32 Å². The standard InChI is InChI=1S/C24H30F3N3O3/c1-17(31)28-22(19-8-10-21(33-4)11-9-19)15-23(32)30(13-12-29(2)3)16-18-6-5-7-20(14-18)24(25,26)27/h5-11,14,22H,12-13,15-16H2,1-4H3,(H,28,31). The van der Waals surface area contributed by atoms with Crippen LogP contribution in [0.3, 0.4) is 0 Å². The summed E-state index contributed by atoms with van der Waals surface area (Å²) in [5.74, 6) is 0.0778. The molecule has 6 nitrogen and oxygen atoms in total. The number of benzene rings is 2. The lowest BCUT2D eigenvalue weighted by Gasteiger charge is -2.27. The Morgan fingerprint density at radius 1 is 1.06 bits per heavy atom. The molecule has 0 heterocycles. The van der Waals surface area contributed by atoms with Gasteiger partial charge in [0.05, 0.1) is 25.1 Å². The summed E-state index contributed by atoms with van der Waals surface area (Å²) in [4.78, 5) is 28.4. The smallest absolute Gasteiger partial charge is 0.416 e. The fourth-order valence-corrected chi connectivity index (χ4v) is 3.32. The molecular weight excluding hydrogens is 435 g/mol. The largest absolute Gasteiger partial charge is 0.497 e. The molecule has 0 bridgehead atoms. The molecule has 0 aromatic heterocycles. The summed E-state index contributed by atoms with van der Waals surface area (Å²) >= 11 is 0. The van der Waals surface area contributed by atoms with E-state index < -0.39 is 17.8 Å². The van der Waals surface area contributed by atoms with Crippen LogP contribution in [0.1, 0.15) is 36.1 Å². The molecule has 2 aromatic rings. The number of halogens is 3. The van der Waals surface area contributed by atoms with E-state index in [-0.39, 0.29) is 24.8 Å². The Labute approximate surface area is 192 Å². The SMILES string of the molecule is COc1ccc(C(CC(=O)N(CCN(C)C)Cc2cccc(C(F)(F)F)c2)NC(C)=O)cc1. The number of likely N-dealkylation sites (N-methyl/N-ethyl adjacent to an activating group) is 1. The number of carbonyl (C=O) groups excluding carboxylic acids is 2. The van der Waals surface area contributed by atoms with E-state index in [1.54, 1.807) is 37.4 Å². The van der Waals surface area contributed by atoms with Gasteiger partial charge in [-0.25, -0.2) is 0 Å². The lowest BCUT2D eigenvalue weighted by molar-refractivity contribution is -0.137. The molecule has 1 atom stereocenters. The third kappa shape index (κ3) is 8.42. The van der Waals surface area contributed by atoms with Gasteiger partial charge in [0.15, 0.2) is 0 Å². The molecule has 1 unspecified atom stereocenters. The maximum absolute atomic E-state index is 13.2. The summed E-state index contributed by atoms with van der Waals surface area (Å²) in [6.07, 6.45) is -4.49. The number of rotatable bonds is 10. The first kappa shape index (κ1) is 26.2. The molecule has 0 aliphatic carbocycles. The second kappa shape index (κ2) is 11.7. The fourth-order valence-electron chi connectivity index (χ4n) is 3.32. The van der Waals surface area contributed by atoms with Crippen molar-refractivity contribution in [3.8, 4) is 5.75 Å². The minimum absolute atomic E-state index is 0.0295. The summed E-state index contributed by atoms with van der Waals surface area (Å²) in [6, 6.07) is 11.4. The summed E-state index contributed by atoms with van der Waals surface area (Å²) in [7, 11) is 5.25. The molecule has 0 fully saturated rings. The quantitative estimate of drug-likeness (QED) is 0.579. The highest BCUT2D eigenvalue weighted by Gasteiger charge is 2.30. The molecule has 0 aliphatic heterocycles. The van der Waals surface area contributed by atoms with Gasteiger partial charge in [-0.15, -0.1) is 0 Å². The van der Waals surface area contributed by atoms with Gasteiger partial charge < -0.3 is 19.9 Å². The number of nitrogens with zero attached hydrogens (tertiary/aromatic N) is 2. The molecule has 33 heavy (non-hydrogen) atoms. The zero-order valence-corrected chi connectivity index (χ0v) is 19.3. The molecule has 1 N–H and O–H groups in total. The zero-order valence-electron chi connectivity index (χ0n) is 19.3. The Hall–Kier alpha value is -3.07. The molecule has 2 aromatic carbocycles. The number of amides is 2. The summed E-state index contributed by atoms with van der Waals surface area (Å²) in [5, 5.41) is 2.79. The van der Waals surface area contributed by atoms with Crippen LogP contribution < -0.4 is 10.1 Å². The van der Waals surface area contributed by atoms with Gasteiger partial charge in [0, 0.05) is 26.6 Å². The molecule has 9 heteroatoms. The highest BCUT2D eigenvalue weighted by molar-refractivity contribution is 5.79. The van der Waals surface area contributed by atoms with Crippen LogP contribution >= 0.6 is 0 Å². The van der Waals surface area contributed by atoms with E-state index in [9.17, 15) is 22.8 Å². The summed E-state index contributed by atoms with van der Waals surface area (Å²) in [5.41, 5.74) is 0.359. The van der Waals surface area contributed by atoms with E-state index in [0.29, 0.717) is 24.4 Å². The molecule has 180 valence electrons. The Morgan fingerprint density at radius 2 is 1.73 bits per heavy atom. The van der Waals surface area contributed by atoms with Crippen molar-refractivity contribution >= 4 is 11.8 Å². The van der Waals surface area contributed by atoms with Gasteiger partial charge in [-0.2, -0.15) is 13.2 Å². The first-order chi connectivity index (χ1) is 15.5. The minimum Gasteiger partial charge on any atom is -0.497 e. The van der Waals surface area contributed by atoms with Crippen LogP contribution in [0.15, 0.2) is 48.5 Å². The van der Waals surface area contributed by atoms with Crippen molar-refractivity contribution in [2.45, 2.75) is 32.1 Å². The molecule has 2 amide bonds. The number of methoxy groups -OCH3 is 1. The van der Waals surface area contributed by atoms with Gasteiger partial charge in [-0.3, -0.25) is 9.59 Å². The Morgan fingerprint density at radius 3 is 2.27 bits per heavy atom. The van der Waals surface area contributed by atoms with Crippen LogP contribution in [0.4, 0.5) is 13.2 Å². The van der Waals surface area contributed by atoms with E-state index in [4.69, 9.17) is 4.74 Å². The van der Waals surface area contributed by atoms with Crippen LogP contribution in [-0.2, 0) is 22.3 Å². The maximum atomic E-state index is 13.2. The first-order valence-electron chi connectivity index (χ1n) is 10.5. The van der Waals surface area contributed by atoms with Crippen molar-refractivity contribution in [2.75, 3.05) is 34.3 Å². The van der Waals surface area contributed by atoms with Gasteiger partial charge in [-0.1, -0.05) is 24.3 Å². The second-order valence-electron chi connectivity index (χ2n) is 8.05. The van der Waals surface area contributed by atoms with Gasteiger partial charge in [0.25, 0.3) is 0 Å². The number of nitrogens with one attached hydrogen (secondary N) is 1. The average Bonchev–Trinajstić information content (AvgIpc) is 2.75. The van der Waals surface area contributed by atoms with Gasteiger partial charge in [-0.05, 0) is 49.5 Å². The van der Waals surface area contributed by atoms with Crippen molar-refractivity contribution in [1.29, 1.82) is 0 Å². The summed E-state index contributed by atoms with van der Waals surface area (Å²) < 4.78 is 44.5. The molecule has 0 saturated heterocycles. The first-order valence-corrected chi connectivity index (χ1v) is 10.5. The Kier molecular flexibility index (Phi) is 9.28. The second-order valence-corrected chi connectivity index (χ2v) is 8.05. The van der Waals surface area contributed by atoms with E-state index in [1.807, 2.05) is 19.0 Å². The molecule has 0 radical (unpaired) electrons. The van der Waals surface area contributed by atoms with E-state index in [0.717, 1.165) is 17.7 Å². The predicted octanol–water partition coefficient (Wildman–Crippen LogP) is 3.87. The predicted molar refractivity (Wildman–Crippen MR) is 120 cm³/mol. The minimum atomic E-state index is -4.46. The lowest BCUT2D eigenvalue weighted by atomic mass is 10.0. The number of hydrogen-bond donors (Lipinski definition) is 1. The third-order valence-corrected chi connectivity index (χ3v) is 5.07. The molecule has 2 rings (SSSR count). The average molecular weight is 466 g/mol. The normalized spacial score (nSPS) is 12.4. The van der Waals surface area contributed by atoms with Crippen molar-refractivity contribution in [3.63, 3.8) is 0 Å². The van der Waals surface area contributed by atoms with E-state index >= 15 is 0 Å². The van der Waals surface area contributed by atoms with Gasteiger partial charge in [0.1, 0.15) is 5.75 Å². The fraction of sp³-hybridized carbons (Fsp3) is 0.417. The highest BCUT2D eigenvalue weighted by Crippen LogP contribution is 2.30. The Balaban J connectivity index is 2.25. The van der Waals surface area contributed by atoms with Crippen LogP contribution in [-0.4, -0.2) is 55.9 Å². The van der Waals surface area contributed by atoms with Crippen LogP contribution in [0.25, 0.3) is 0 Å². The molecular formula is C24H30F3N3O3. The highest BCUT2D eigenvalue weighted by atomic mass is 19.4. The Bertz CT molecular complexity index is 931. The summed E-state index contributed by atoms with van der Waals surface area (Å²) in [6.45, 7) is 2.27. The zero-order chi connectivity index (χ0) is 24.6. The lowest BCUT2D eigenvalue weighted by Crippen LogP contribution is -2.39. The monoisotopic (exact) mass is 465 g/mol. The van der Waals surface area contributed by atoms with Crippen LogP contribution in [0, 0.1) is 0 Å². The van der Waals surface area contributed by atoms with Crippen molar-refractivity contribution in [1.82, 2.24) is 15.1 Å².